The van der Waals surface area contributed by atoms with E-state index in [9.17, 15) is 14.4 Å². The molecule has 1 saturated heterocycles. The highest BCUT2D eigenvalue weighted by molar-refractivity contribution is 7.99. The molecule has 2 heterocycles. The second-order valence-electron chi connectivity index (χ2n) is 7.07. The predicted octanol–water partition coefficient (Wildman–Crippen LogP) is 1.41. The molecule has 1 aromatic carbocycles. The predicted molar refractivity (Wildman–Crippen MR) is 121 cm³/mol. The number of nitrogens with one attached hydrogen (secondary N) is 1. The van der Waals surface area contributed by atoms with Gasteiger partial charge in [0.25, 0.3) is 11.1 Å². The van der Waals surface area contributed by atoms with Crippen molar-refractivity contribution in [2.75, 3.05) is 52.8 Å². The fourth-order valence-electron chi connectivity index (χ4n) is 3.17. The van der Waals surface area contributed by atoms with Crippen LogP contribution in [0.2, 0.25) is 0 Å². The number of methoxy groups -OCH3 is 2. The van der Waals surface area contributed by atoms with Crippen molar-refractivity contribution in [2.24, 2.45) is 0 Å². The van der Waals surface area contributed by atoms with Gasteiger partial charge in [0.05, 0.1) is 33.1 Å². The first-order valence-electron chi connectivity index (χ1n) is 10.6. The standard InChI is InChI=1S/C21H27N5O7S/c1-4-32-21(29)26-9-7-25(8-10-26)18(27)13-34-20-24-23-17(33-20)12-22-19(28)14-5-6-15(30-2)16(11-14)31-3/h5-6,11H,4,7-10,12-13H2,1-3H3,(H,22,28). The Morgan fingerprint density at radius 3 is 2.44 bits per heavy atom. The minimum Gasteiger partial charge on any atom is -0.493 e. The lowest BCUT2D eigenvalue weighted by atomic mass is 10.2. The second kappa shape index (κ2) is 12.1. The smallest absolute Gasteiger partial charge is 0.409 e. The maximum atomic E-state index is 12.5. The third-order valence-electron chi connectivity index (χ3n) is 4.97. The summed E-state index contributed by atoms with van der Waals surface area (Å²) in [7, 11) is 3.01. The lowest BCUT2D eigenvalue weighted by Crippen LogP contribution is -2.51. The summed E-state index contributed by atoms with van der Waals surface area (Å²) in [4.78, 5) is 39.9. The first-order valence-corrected chi connectivity index (χ1v) is 11.6. The van der Waals surface area contributed by atoms with Crippen LogP contribution < -0.4 is 14.8 Å². The molecule has 3 rings (SSSR count). The summed E-state index contributed by atoms with van der Waals surface area (Å²) in [6.45, 7) is 3.85. The number of aromatic nitrogens is 2. The highest BCUT2D eigenvalue weighted by Gasteiger charge is 2.25. The Balaban J connectivity index is 1.43. The van der Waals surface area contributed by atoms with E-state index in [1.807, 2.05) is 0 Å². The van der Waals surface area contributed by atoms with Gasteiger partial charge in [-0.3, -0.25) is 9.59 Å². The minimum atomic E-state index is -0.361. The summed E-state index contributed by atoms with van der Waals surface area (Å²) < 4.78 is 20.9. The maximum absolute atomic E-state index is 12.5. The number of carbonyl (C=O) groups is 3. The lowest BCUT2D eigenvalue weighted by molar-refractivity contribution is -0.129. The molecule has 1 aliphatic heterocycles. The van der Waals surface area contributed by atoms with Crippen molar-refractivity contribution in [1.82, 2.24) is 25.3 Å². The van der Waals surface area contributed by atoms with Gasteiger partial charge in [-0.1, -0.05) is 11.8 Å². The fraction of sp³-hybridized carbons (Fsp3) is 0.476. The van der Waals surface area contributed by atoms with Gasteiger partial charge in [0.1, 0.15) is 0 Å². The number of hydrogen-bond acceptors (Lipinski definition) is 10. The first kappa shape index (κ1) is 25.1. The third-order valence-corrected chi connectivity index (χ3v) is 5.77. The molecule has 13 heteroatoms. The van der Waals surface area contributed by atoms with E-state index in [0.29, 0.717) is 49.8 Å². The molecule has 0 bridgehead atoms. The number of amides is 3. The van der Waals surface area contributed by atoms with E-state index < -0.39 is 0 Å². The van der Waals surface area contributed by atoms with Crippen LogP contribution in [0.1, 0.15) is 23.2 Å². The molecule has 0 radical (unpaired) electrons. The summed E-state index contributed by atoms with van der Waals surface area (Å²) in [5, 5.41) is 10.7. The van der Waals surface area contributed by atoms with E-state index in [1.165, 1.54) is 14.2 Å². The molecule has 0 saturated carbocycles. The molecule has 0 aliphatic carbocycles. The molecule has 3 amide bonds. The van der Waals surface area contributed by atoms with Crippen LogP contribution in [0.15, 0.2) is 27.8 Å². The highest BCUT2D eigenvalue weighted by Crippen LogP contribution is 2.27. The number of thioether (sulfide) groups is 1. The number of piperazine rings is 1. The SMILES string of the molecule is CCOC(=O)N1CCN(C(=O)CSc2nnc(CNC(=O)c3ccc(OC)c(OC)c3)o2)CC1. The monoisotopic (exact) mass is 493 g/mol. The van der Waals surface area contributed by atoms with E-state index in [1.54, 1.807) is 34.9 Å². The molecule has 184 valence electrons. The van der Waals surface area contributed by atoms with E-state index in [4.69, 9.17) is 18.6 Å². The van der Waals surface area contributed by atoms with Crippen molar-refractivity contribution in [1.29, 1.82) is 0 Å². The molecule has 34 heavy (non-hydrogen) atoms. The highest BCUT2D eigenvalue weighted by atomic mass is 32.2. The second-order valence-corrected chi connectivity index (χ2v) is 8.00. The van der Waals surface area contributed by atoms with E-state index >= 15 is 0 Å². The fourth-order valence-corrected chi connectivity index (χ4v) is 3.85. The van der Waals surface area contributed by atoms with Gasteiger partial charge in [-0.2, -0.15) is 0 Å². The molecule has 2 aromatic rings. The van der Waals surface area contributed by atoms with Gasteiger partial charge < -0.3 is 33.7 Å². The quantitative estimate of drug-likeness (QED) is 0.511. The zero-order valence-electron chi connectivity index (χ0n) is 19.2. The van der Waals surface area contributed by atoms with Crippen LogP contribution in [0.5, 0.6) is 11.5 Å². The summed E-state index contributed by atoms with van der Waals surface area (Å²) in [6.07, 6.45) is -0.361. The molecule has 0 atom stereocenters. The van der Waals surface area contributed by atoms with Crippen molar-refractivity contribution in [2.45, 2.75) is 18.7 Å². The van der Waals surface area contributed by atoms with E-state index in [0.717, 1.165) is 11.8 Å². The van der Waals surface area contributed by atoms with Gasteiger partial charge in [-0.25, -0.2) is 4.79 Å². The van der Waals surface area contributed by atoms with Crippen molar-refractivity contribution in [3.63, 3.8) is 0 Å². The Bertz CT molecular complexity index is 1010. The number of nitrogens with zero attached hydrogens (tertiary/aromatic N) is 4. The van der Waals surface area contributed by atoms with E-state index in [-0.39, 0.29) is 41.3 Å². The van der Waals surface area contributed by atoms with Crippen LogP contribution in [0.3, 0.4) is 0 Å². The molecule has 0 unspecified atom stereocenters. The molecular formula is C21H27N5O7S. The normalized spacial score (nSPS) is 13.4. The van der Waals surface area contributed by atoms with E-state index in [2.05, 4.69) is 15.5 Å². The molecular weight excluding hydrogens is 466 g/mol. The van der Waals surface area contributed by atoms with Gasteiger partial charge in [0.15, 0.2) is 11.5 Å². The Labute approximate surface area is 200 Å². The van der Waals surface area contributed by atoms with Gasteiger partial charge in [0.2, 0.25) is 11.8 Å². The lowest BCUT2D eigenvalue weighted by Gasteiger charge is -2.33. The average Bonchev–Trinajstić information content (AvgIpc) is 3.33. The summed E-state index contributed by atoms with van der Waals surface area (Å²) >= 11 is 1.12. The van der Waals surface area contributed by atoms with Crippen LogP contribution in [-0.2, 0) is 16.1 Å². The molecule has 1 N–H and O–H groups in total. The topological polar surface area (TPSA) is 136 Å². The summed E-state index contributed by atoms with van der Waals surface area (Å²) in [5.41, 5.74) is 0.389. The molecule has 0 spiro atoms. The number of carbonyl (C=O) groups excluding carboxylic acids is 3. The number of rotatable bonds is 9. The van der Waals surface area contributed by atoms with Crippen molar-refractivity contribution in [3.05, 3.63) is 29.7 Å². The van der Waals surface area contributed by atoms with Crippen molar-refractivity contribution in [3.8, 4) is 11.5 Å². The van der Waals surface area contributed by atoms with Crippen LogP contribution >= 0.6 is 11.8 Å². The Morgan fingerprint density at radius 1 is 1.06 bits per heavy atom. The zero-order chi connectivity index (χ0) is 24.5. The Hall–Kier alpha value is -3.48. The molecule has 1 aliphatic rings. The Kier molecular flexibility index (Phi) is 8.96. The van der Waals surface area contributed by atoms with Crippen LogP contribution in [0.25, 0.3) is 0 Å². The number of hydrogen-bond donors (Lipinski definition) is 1. The number of ether oxygens (including phenoxy) is 3. The van der Waals surface area contributed by atoms with Crippen LogP contribution in [0, 0.1) is 0 Å². The minimum absolute atomic E-state index is 0.0322. The van der Waals surface area contributed by atoms with Gasteiger partial charge in [-0.05, 0) is 25.1 Å². The number of benzene rings is 1. The van der Waals surface area contributed by atoms with Gasteiger partial charge in [0, 0.05) is 31.7 Å². The van der Waals surface area contributed by atoms with Crippen LogP contribution in [-0.4, -0.2) is 90.7 Å². The van der Waals surface area contributed by atoms with Gasteiger partial charge in [-0.15, -0.1) is 10.2 Å². The van der Waals surface area contributed by atoms with Gasteiger partial charge >= 0.3 is 6.09 Å². The van der Waals surface area contributed by atoms with Crippen LogP contribution in [0.4, 0.5) is 4.79 Å². The largest absolute Gasteiger partial charge is 0.493 e. The maximum Gasteiger partial charge on any atom is 0.409 e. The van der Waals surface area contributed by atoms with Crippen molar-refractivity contribution >= 4 is 29.7 Å². The summed E-state index contributed by atoms with van der Waals surface area (Å²) in [5.74, 6) is 0.873. The zero-order valence-corrected chi connectivity index (χ0v) is 20.1. The average molecular weight is 494 g/mol. The molecule has 1 aromatic heterocycles. The Morgan fingerprint density at radius 2 is 1.76 bits per heavy atom. The first-order chi connectivity index (χ1) is 16.4. The van der Waals surface area contributed by atoms with Crippen molar-refractivity contribution < 1.29 is 33.0 Å². The summed E-state index contributed by atoms with van der Waals surface area (Å²) in [6, 6.07) is 4.83. The molecule has 12 nitrogen and oxygen atoms in total. The third kappa shape index (κ3) is 6.53. The molecule has 1 fully saturated rings.